The Bertz CT molecular complexity index is 565. The van der Waals surface area contributed by atoms with Gasteiger partial charge in [-0.15, -0.1) is 0 Å². The van der Waals surface area contributed by atoms with Gasteiger partial charge in [-0.25, -0.2) is 0 Å². The van der Waals surface area contributed by atoms with Crippen molar-refractivity contribution in [3.05, 3.63) is 23.3 Å². The molecule has 1 heterocycles. The van der Waals surface area contributed by atoms with E-state index in [2.05, 4.69) is 4.72 Å². The molecule has 0 unspecified atom stereocenters. The Kier molecular flexibility index (Phi) is 3.98. The van der Waals surface area contributed by atoms with E-state index in [1.165, 1.54) is 4.31 Å². The first kappa shape index (κ1) is 14.1. The molecule has 1 aliphatic heterocycles. The van der Waals surface area contributed by atoms with Crippen LogP contribution >= 0.6 is 0 Å². The molecule has 2 N–H and O–H groups in total. The van der Waals surface area contributed by atoms with Gasteiger partial charge in [-0.2, -0.15) is 12.7 Å². The Balaban J connectivity index is 2.25. The number of aromatic hydroxyl groups is 1. The minimum Gasteiger partial charge on any atom is -0.505 e. The van der Waals surface area contributed by atoms with Crippen molar-refractivity contribution in [3.8, 4) is 5.75 Å². The van der Waals surface area contributed by atoms with Gasteiger partial charge in [-0.3, -0.25) is 4.72 Å². The number of morpholine rings is 1. The molecule has 0 aliphatic carbocycles. The highest BCUT2D eigenvalue weighted by Crippen LogP contribution is 2.29. The van der Waals surface area contributed by atoms with E-state index in [9.17, 15) is 13.5 Å². The van der Waals surface area contributed by atoms with Gasteiger partial charge in [0.05, 0.1) is 18.9 Å². The van der Waals surface area contributed by atoms with Crippen LogP contribution in [0.15, 0.2) is 12.1 Å². The summed E-state index contributed by atoms with van der Waals surface area (Å²) in [7, 11) is -3.65. The number of aryl methyl sites for hydroxylation is 2. The van der Waals surface area contributed by atoms with Crippen LogP contribution in [0.25, 0.3) is 0 Å². The van der Waals surface area contributed by atoms with E-state index in [1.807, 2.05) is 6.92 Å². The van der Waals surface area contributed by atoms with E-state index in [1.54, 1.807) is 19.1 Å². The molecule has 0 saturated carbocycles. The molecule has 1 aromatic rings. The van der Waals surface area contributed by atoms with Crippen molar-refractivity contribution >= 4 is 15.9 Å². The molecule has 1 aliphatic rings. The summed E-state index contributed by atoms with van der Waals surface area (Å²) < 4.78 is 33.2. The number of hydrogen-bond donors (Lipinski definition) is 2. The minimum atomic E-state index is -3.65. The molecule has 0 bridgehead atoms. The van der Waals surface area contributed by atoms with Gasteiger partial charge in [0.1, 0.15) is 5.75 Å². The van der Waals surface area contributed by atoms with Crippen LogP contribution in [0.3, 0.4) is 0 Å². The predicted octanol–water partition coefficient (Wildman–Crippen LogP) is 0.998. The normalized spacial score (nSPS) is 17.4. The summed E-state index contributed by atoms with van der Waals surface area (Å²) in [4.78, 5) is 0. The van der Waals surface area contributed by atoms with Gasteiger partial charge in [-0.1, -0.05) is 6.07 Å². The fourth-order valence-corrected chi connectivity index (χ4v) is 3.22. The molecule has 1 saturated heterocycles. The van der Waals surface area contributed by atoms with Crippen molar-refractivity contribution in [1.82, 2.24) is 4.31 Å². The highest BCUT2D eigenvalue weighted by atomic mass is 32.2. The van der Waals surface area contributed by atoms with Gasteiger partial charge < -0.3 is 9.84 Å². The van der Waals surface area contributed by atoms with Gasteiger partial charge in [0.15, 0.2) is 0 Å². The topological polar surface area (TPSA) is 78.9 Å². The largest absolute Gasteiger partial charge is 0.505 e. The molecule has 7 heteroatoms. The molecule has 0 radical (unpaired) electrons. The lowest BCUT2D eigenvalue weighted by atomic mass is 10.1. The van der Waals surface area contributed by atoms with Gasteiger partial charge in [0.25, 0.3) is 0 Å². The summed E-state index contributed by atoms with van der Waals surface area (Å²) in [6.45, 7) is 5.00. The lowest BCUT2D eigenvalue weighted by molar-refractivity contribution is 0.0733. The molecule has 0 amide bonds. The van der Waals surface area contributed by atoms with E-state index in [0.717, 1.165) is 5.56 Å². The van der Waals surface area contributed by atoms with Crippen molar-refractivity contribution in [2.45, 2.75) is 13.8 Å². The third-order valence-electron chi connectivity index (χ3n) is 2.99. The van der Waals surface area contributed by atoms with E-state index >= 15 is 0 Å². The van der Waals surface area contributed by atoms with Crippen molar-refractivity contribution < 1.29 is 18.3 Å². The fourth-order valence-electron chi connectivity index (χ4n) is 2.03. The second-order valence-corrected chi connectivity index (χ2v) is 6.27. The summed E-state index contributed by atoms with van der Waals surface area (Å²) in [5.74, 6) is -0.0394. The van der Waals surface area contributed by atoms with E-state index in [0.29, 0.717) is 31.9 Å². The van der Waals surface area contributed by atoms with Gasteiger partial charge in [-0.05, 0) is 31.0 Å². The van der Waals surface area contributed by atoms with E-state index < -0.39 is 10.2 Å². The second kappa shape index (κ2) is 5.36. The number of rotatable bonds is 3. The molecular weight excluding hydrogens is 268 g/mol. The van der Waals surface area contributed by atoms with Crippen LogP contribution in [0.2, 0.25) is 0 Å². The highest BCUT2D eigenvalue weighted by Gasteiger charge is 2.25. The number of benzene rings is 1. The second-order valence-electron chi connectivity index (χ2n) is 4.60. The average Bonchev–Trinajstić information content (AvgIpc) is 2.36. The molecule has 6 nitrogen and oxygen atoms in total. The zero-order chi connectivity index (χ0) is 14.0. The molecule has 106 valence electrons. The molecule has 2 rings (SSSR count). The summed E-state index contributed by atoms with van der Waals surface area (Å²) in [6, 6.07) is 3.40. The number of nitrogens with one attached hydrogen (secondary N) is 1. The maximum atomic E-state index is 12.2. The average molecular weight is 286 g/mol. The first-order valence-corrected chi connectivity index (χ1v) is 7.50. The van der Waals surface area contributed by atoms with E-state index in [4.69, 9.17) is 4.74 Å². The Labute approximate surface area is 113 Å². The van der Waals surface area contributed by atoms with Crippen LogP contribution < -0.4 is 4.72 Å². The Morgan fingerprint density at radius 1 is 1.26 bits per heavy atom. The highest BCUT2D eigenvalue weighted by molar-refractivity contribution is 7.90. The number of phenols is 1. The third kappa shape index (κ3) is 3.17. The first-order valence-electron chi connectivity index (χ1n) is 6.06. The Hall–Kier alpha value is -1.31. The number of nitrogens with zero attached hydrogens (tertiary/aromatic N) is 1. The van der Waals surface area contributed by atoms with Crippen molar-refractivity contribution in [2.75, 3.05) is 31.0 Å². The predicted molar refractivity (Wildman–Crippen MR) is 72.5 cm³/mol. The molecule has 1 aromatic carbocycles. The summed E-state index contributed by atoms with van der Waals surface area (Å²) in [5.41, 5.74) is 1.73. The number of ether oxygens (including phenoxy) is 1. The Morgan fingerprint density at radius 2 is 1.89 bits per heavy atom. The van der Waals surface area contributed by atoms with Crippen molar-refractivity contribution in [3.63, 3.8) is 0 Å². The monoisotopic (exact) mass is 286 g/mol. The van der Waals surface area contributed by atoms with Crippen LogP contribution in [0, 0.1) is 13.8 Å². The van der Waals surface area contributed by atoms with Crippen LogP contribution in [-0.2, 0) is 14.9 Å². The number of phenolic OH excluding ortho intramolecular Hbond substituents is 1. The lowest BCUT2D eigenvalue weighted by Gasteiger charge is -2.26. The van der Waals surface area contributed by atoms with Gasteiger partial charge in [0.2, 0.25) is 0 Å². The maximum absolute atomic E-state index is 12.2. The van der Waals surface area contributed by atoms with Crippen LogP contribution in [0.1, 0.15) is 11.1 Å². The summed E-state index contributed by atoms with van der Waals surface area (Å²) in [6.07, 6.45) is 0. The Morgan fingerprint density at radius 3 is 2.53 bits per heavy atom. The summed E-state index contributed by atoms with van der Waals surface area (Å²) in [5, 5.41) is 9.91. The molecule has 0 aromatic heterocycles. The zero-order valence-electron chi connectivity index (χ0n) is 11.0. The SMILES string of the molecule is Cc1cc(C)c(O)c(NS(=O)(=O)N2CCOCC2)c1. The van der Waals surface area contributed by atoms with E-state index in [-0.39, 0.29) is 11.4 Å². The van der Waals surface area contributed by atoms with Crippen molar-refractivity contribution in [1.29, 1.82) is 0 Å². The van der Waals surface area contributed by atoms with Gasteiger partial charge >= 0.3 is 10.2 Å². The maximum Gasteiger partial charge on any atom is 0.301 e. The zero-order valence-corrected chi connectivity index (χ0v) is 11.8. The smallest absolute Gasteiger partial charge is 0.301 e. The standard InChI is InChI=1S/C12H18N2O4S/c1-9-7-10(2)12(15)11(8-9)13-19(16,17)14-3-5-18-6-4-14/h7-8,13,15H,3-6H2,1-2H3. The number of anilines is 1. The minimum absolute atomic E-state index is 0.0394. The quantitative estimate of drug-likeness (QED) is 0.812. The number of hydrogen-bond acceptors (Lipinski definition) is 4. The van der Waals surface area contributed by atoms with Crippen LogP contribution in [0.5, 0.6) is 5.75 Å². The van der Waals surface area contributed by atoms with Crippen molar-refractivity contribution in [2.24, 2.45) is 0 Å². The van der Waals surface area contributed by atoms with Crippen LogP contribution in [-0.4, -0.2) is 44.1 Å². The van der Waals surface area contributed by atoms with Gasteiger partial charge in [0, 0.05) is 13.1 Å². The third-order valence-corrected chi connectivity index (χ3v) is 4.52. The molecular formula is C12H18N2O4S. The molecule has 1 fully saturated rings. The molecule has 0 spiro atoms. The fraction of sp³-hybridized carbons (Fsp3) is 0.500. The molecule has 19 heavy (non-hydrogen) atoms. The summed E-state index contributed by atoms with van der Waals surface area (Å²) >= 11 is 0. The first-order chi connectivity index (χ1) is 8.90. The van der Waals surface area contributed by atoms with Crippen LogP contribution in [0.4, 0.5) is 5.69 Å². The molecule has 0 atom stereocenters. The lowest BCUT2D eigenvalue weighted by Crippen LogP contribution is -2.43.